The molecular weight excluding hydrogens is 154 g/mol. The average molecular weight is 163 g/mol. The molecule has 0 spiro atoms. The van der Waals surface area contributed by atoms with Crippen LogP contribution in [0.1, 0.15) is 6.92 Å². The van der Waals surface area contributed by atoms with Crippen LogP contribution < -0.4 is 0 Å². The molecule has 0 saturated carbocycles. The first kappa shape index (κ1) is 10.2. The maximum absolute atomic E-state index is 10.4. The molecule has 0 aromatic carbocycles. The zero-order valence-electron chi connectivity index (χ0n) is 6.74. The summed E-state index contributed by atoms with van der Waals surface area (Å²) in [5.41, 5.74) is 0.377. The fourth-order valence-electron chi connectivity index (χ4n) is 0.519. The Morgan fingerprint density at radius 2 is 2.17 bits per heavy atom. The highest BCUT2D eigenvalue weighted by molar-refractivity contribution is 5.89. The molecular formula is C9H9NO2. The van der Waals surface area contributed by atoms with Gasteiger partial charge in [-0.15, -0.1) is 0 Å². The SMILES string of the molecule is C=C(C#N)C=CC(=CC)C(=O)O. The van der Waals surface area contributed by atoms with Crippen molar-refractivity contribution in [3.05, 3.63) is 36.0 Å². The van der Waals surface area contributed by atoms with Crippen molar-refractivity contribution >= 4 is 5.97 Å². The molecule has 3 nitrogen and oxygen atoms in total. The standard InChI is InChI=1S/C9H9NO2/c1-3-8(9(11)12)5-4-7(2)6-10/h3-5H,2H2,1H3,(H,11,12). The molecule has 0 saturated heterocycles. The Kier molecular flexibility index (Phi) is 4.17. The predicted octanol–water partition coefficient (Wildman–Crippen LogP) is 1.65. The van der Waals surface area contributed by atoms with Crippen molar-refractivity contribution in [1.29, 1.82) is 5.26 Å². The van der Waals surface area contributed by atoms with Gasteiger partial charge in [-0.25, -0.2) is 4.79 Å². The number of carbonyl (C=O) groups is 1. The molecule has 0 heterocycles. The summed E-state index contributed by atoms with van der Waals surface area (Å²) >= 11 is 0. The van der Waals surface area contributed by atoms with Gasteiger partial charge in [0, 0.05) is 5.57 Å². The van der Waals surface area contributed by atoms with Crippen LogP contribution in [0, 0.1) is 11.3 Å². The minimum Gasteiger partial charge on any atom is -0.478 e. The van der Waals surface area contributed by atoms with Gasteiger partial charge in [-0.2, -0.15) is 5.26 Å². The van der Waals surface area contributed by atoms with Crippen molar-refractivity contribution in [3.8, 4) is 6.07 Å². The second kappa shape index (κ2) is 4.91. The van der Waals surface area contributed by atoms with Gasteiger partial charge in [0.25, 0.3) is 0 Å². The molecule has 0 atom stereocenters. The van der Waals surface area contributed by atoms with E-state index < -0.39 is 5.97 Å². The van der Waals surface area contributed by atoms with Crippen molar-refractivity contribution in [3.63, 3.8) is 0 Å². The van der Waals surface area contributed by atoms with E-state index in [1.165, 1.54) is 18.2 Å². The van der Waals surface area contributed by atoms with E-state index in [2.05, 4.69) is 6.58 Å². The van der Waals surface area contributed by atoms with Crippen LogP contribution in [0.4, 0.5) is 0 Å². The molecule has 12 heavy (non-hydrogen) atoms. The van der Waals surface area contributed by atoms with Gasteiger partial charge in [0.05, 0.1) is 11.6 Å². The number of rotatable bonds is 3. The molecule has 0 aromatic heterocycles. The molecule has 0 aliphatic rings. The van der Waals surface area contributed by atoms with Crippen molar-refractivity contribution in [2.24, 2.45) is 0 Å². The smallest absolute Gasteiger partial charge is 0.335 e. The van der Waals surface area contributed by atoms with Crippen LogP contribution in [0.5, 0.6) is 0 Å². The van der Waals surface area contributed by atoms with Gasteiger partial charge in [0.1, 0.15) is 0 Å². The van der Waals surface area contributed by atoms with E-state index in [0.29, 0.717) is 0 Å². The van der Waals surface area contributed by atoms with E-state index in [9.17, 15) is 4.79 Å². The minimum absolute atomic E-state index is 0.145. The van der Waals surface area contributed by atoms with Crippen LogP contribution in [-0.2, 0) is 4.79 Å². The highest BCUT2D eigenvalue weighted by Crippen LogP contribution is 1.99. The molecule has 0 aliphatic carbocycles. The zero-order valence-corrected chi connectivity index (χ0v) is 6.74. The van der Waals surface area contributed by atoms with Crippen LogP contribution >= 0.6 is 0 Å². The molecule has 0 rings (SSSR count). The Balaban J connectivity index is 4.45. The van der Waals surface area contributed by atoms with Crippen LogP contribution in [0.3, 0.4) is 0 Å². The highest BCUT2D eigenvalue weighted by Gasteiger charge is 1.99. The quantitative estimate of drug-likeness (QED) is 0.391. The summed E-state index contributed by atoms with van der Waals surface area (Å²) in [6.45, 7) is 4.98. The van der Waals surface area contributed by atoms with Gasteiger partial charge in [0.15, 0.2) is 0 Å². The molecule has 0 unspecified atom stereocenters. The Bertz CT molecular complexity index is 292. The molecule has 3 heteroatoms. The molecule has 0 aromatic rings. The number of carboxylic acids is 1. The van der Waals surface area contributed by atoms with Gasteiger partial charge in [-0.3, -0.25) is 0 Å². The number of nitriles is 1. The predicted molar refractivity (Wildman–Crippen MR) is 45.3 cm³/mol. The maximum Gasteiger partial charge on any atom is 0.335 e. The van der Waals surface area contributed by atoms with E-state index >= 15 is 0 Å². The summed E-state index contributed by atoms with van der Waals surface area (Å²) in [4.78, 5) is 10.4. The van der Waals surface area contributed by atoms with Crippen molar-refractivity contribution in [1.82, 2.24) is 0 Å². The highest BCUT2D eigenvalue weighted by atomic mass is 16.4. The number of aliphatic carboxylic acids is 1. The number of nitrogens with zero attached hydrogens (tertiary/aromatic N) is 1. The van der Waals surface area contributed by atoms with E-state index in [1.54, 1.807) is 13.0 Å². The minimum atomic E-state index is -1.01. The Labute approximate surface area is 70.9 Å². The van der Waals surface area contributed by atoms with Crippen LogP contribution in [0.2, 0.25) is 0 Å². The lowest BCUT2D eigenvalue weighted by Gasteiger charge is -1.90. The topological polar surface area (TPSA) is 61.1 Å². The molecule has 0 amide bonds. The number of hydrogen-bond acceptors (Lipinski definition) is 2. The first-order valence-electron chi connectivity index (χ1n) is 3.28. The first-order valence-corrected chi connectivity index (χ1v) is 3.28. The third-order valence-electron chi connectivity index (χ3n) is 1.17. The first-order chi connectivity index (χ1) is 5.61. The van der Waals surface area contributed by atoms with Gasteiger partial charge >= 0.3 is 5.97 Å². The fourth-order valence-corrected chi connectivity index (χ4v) is 0.519. The lowest BCUT2D eigenvalue weighted by Crippen LogP contribution is -1.96. The van der Waals surface area contributed by atoms with Crippen LogP contribution in [0.25, 0.3) is 0 Å². The lowest BCUT2D eigenvalue weighted by atomic mass is 10.2. The summed E-state index contributed by atoms with van der Waals surface area (Å²) in [6, 6.07) is 1.78. The van der Waals surface area contributed by atoms with Gasteiger partial charge in [-0.05, 0) is 19.1 Å². The number of carboxylic acid groups (broad SMARTS) is 1. The van der Waals surface area contributed by atoms with Crippen molar-refractivity contribution < 1.29 is 9.90 Å². The average Bonchev–Trinajstić information content (AvgIpc) is 2.04. The summed E-state index contributed by atoms with van der Waals surface area (Å²) in [7, 11) is 0. The van der Waals surface area contributed by atoms with Gasteiger partial charge in [0.2, 0.25) is 0 Å². The van der Waals surface area contributed by atoms with E-state index in [4.69, 9.17) is 10.4 Å². The second-order valence-corrected chi connectivity index (χ2v) is 2.02. The van der Waals surface area contributed by atoms with E-state index in [1.807, 2.05) is 0 Å². The zero-order chi connectivity index (χ0) is 9.56. The largest absolute Gasteiger partial charge is 0.478 e. The second-order valence-electron chi connectivity index (χ2n) is 2.02. The van der Waals surface area contributed by atoms with Crippen LogP contribution in [0.15, 0.2) is 36.0 Å². The summed E-state index contributed by atoms with van der Waals surface area (Å²) < 4.78 is 0. The Hall–Kier alpha value is -1.82. The third-order valence-corrected chi connectivity index (χ3v) is 1.17. The third kappa shape index (κ3) is 3.37. The maximum atomic E-state index is 10.4. The Morgan fingerprint density at radius 3 is 2.50 bits per heavy atom. The molecule has 0 fully saturated rings. The van der Waals surface area contributed by atoms with Crippen molar-refractivity contribution in [2.45, 2.75) is 6.92 Å². The number of hydrogen-bond donors (Lipinski definition) is 1. The molecule has 0 bridgehead atoms. The van der Waals surface area contributed by atoms with E-state index in [-0.39, 0.29) is 11.1 Å². The summed E-state index contributed by atoms with van der Waals surface area (Å²) in [6.07, 6.45) is 4.15. The van der Waals surface area contributed by atoms with E-state index in [0.717, 1.165) is 0 Å². The van der Waals surface area contributed by atoms with Crippen LogP contribution in [-0.4, -0.2) is 11.1 Å². The number of allylic oxidation sites excluding steroid dienone is 3. The monoisotopic (exact) mass is 163 g/mol. The normalized spacial score (nSPS) is 11.2. The molecule has 0 aliphatic heterocycles. The molecule has 1 N–H and O–H groups in total. The molecule has 62 valence electrons. The summed E-state index contributed by atoms with van der Waals surface area (Å²) in [5, 5.41) is 16.8. The van der Waals surface area contributed by atoms with Gasteiger partial charge in [-0.1, -0.05) is 12.7 Å². The van der Waals surface area contributed by atoms with Crippen molar-refractivity contribution in [2.75, 3.05) is 0 Å². The molecule has 0 radical (unpaired) electrons. The van der Waals surface area contributed by atoms with Gasteiger partial charge < -0.3 is 5.11 Å². The fraction of sp³-hybridized carbons (Fsp3) is 0.111. The Morgan fingerprint density at radius 1 is 1.58 bits per heavy atom. The lowest BCUT2D eigenvalue weighted by molar-refractivity contribution is -0.132. The summed E-state index contributed by atoms with van der Waals surface area (Å²) in [5.74, 6) is -1.01.